The fourth-order valence-electron chi connectivity index (χ4n) is 3.80. The van der Waals surface area contributed by atoms with E-state index in [0.29, 0.717) is 12.3 Å². The van der Waals surface area contributed by atoms with Crippen LogP contribution in [0.4, 0.5) is 0 Å². The second-order valence-electron chi connectivity index (χ2n) is 8.05. The molecular formula is C22H33N5O. The van der Waals surface area contributed by atoms with Gasteiger partial charge in [-0.05, 0) is 57.9 Å². The van der Waals surface area contributed by atoms with Crippen LogP contribution in [-0.2, 0) is 11.3 Å². The number of aromatic amines is 1. The lowest BCUT2D eigenvalue weighted by atomic mass is 9.91. The molecule has 0 unspecified atom stereocenters. The summed E-state index contributed by atoms with van der Waals surface area (Å²) < 4.78 is 0. The van der Waals surface area contributed by atoms with Crippen molar-refractivity contribution in [1.29, 1.82) is 0 Å². The Kier molecular flexibility index (Phi) is 7.62. The minimum absolute atomic E-state index is 0.190. The summed E-state index contributed by atoms with van der Waals surface area (Å²) in [4.78, 5) is 16.6. The van der Waals surface area contributed by atoms with Gasteiger partial charge in [-0.3, -0.25) is 14.8 Å². The van der Waals surface area contributed by atoms with Crippen LogP contribution in [0.2, 0.25) is 0 Å². The average molecular weight is 384 g/mol. The molecule has 0 bridgehead atoms. The van der Waals surface area contributed by atoms with Crippen molar-refractivity contribution in [3.05, 3.63) is 42.1 Å². The highest BCUT2D eigenvalue weighted by Gasteiger charge is 2.21. The fourth-order valence-corrected chi connectivity index (χ4v) is 3.80. The summed E-state index contributed by atoms with van der Waals surface area (Å²) in [5, 5.41) is 10.4. The number of hydrogen-bond acceptors (Lipinski definition) is 4. The number of piperidine rings is 1. The molecule has 0 atom stereocenters. The van der Waals surface area contributed by atoms with Crippen LogP contribution in [0.3, 0.4) is 0 Å². The Morgan fingerprint density at radius 1 is 1.25 bits per heavy atom. The molecule has 2 N–H and O–H groups in total. The Bertz CT molecular complexity index is 720. The van der Waals surface area contributed by atoms with E-state index in [4.69, 9.17) is 0 Å². The highest BCUT2D eigenvalue weighted by molar-refractivity contribution is 5.75. The van der Waals surface area contributed by atoms with Gasteiger partial charge in [0.15, 0.2) is 0 Å². The van der Waals surface area contributed by atoms with E-state index in [9.17, 15) is 4.79 Å². The molecule has 2 aromatic rings. The summed E-state index contributed by atoms with van der Waals surface area (Å²) in [7, 11) is 4.04. The number of likely N-dealkylation sites (N-methyl/N-ethyl adjacent to an activating group) is 1. The molecule has 1 saturated heterocycles. The fraction of sp³-hybridized carbons (Fsp3) is 0.545. The Morgan fingerprint density at radius 3 is 2.71 bits per heavy atom. The van der Waals surface area contributed by atoms with Crippen molar-refractivity contribution in [3.8, 4) is 11.3 Å². The second kappa shape index (κ2) is 10.4. The van der Waals surface area contributed by atoms with E-state index in [2.05, 4.69) is 49.6 Å². The van der Waals surface area contributed by atoms with Crippen molar-refractivity contribution in [2.75, 3.05) is 40.3 Å². The lowest BCUT2D eigenvalue weighted by molar-refractivity contribution is -0.121. The Hall–Kier alpha value is -2.18. The minimum Gasteiger partial charge on any atom is -0.355 e. The predicted molar refractivity (Wildman–Crippen MR) is 113 cm³/mol. The van der Waals surface area contributed by atoms with Gasteiger partial charge >= 0.3 is 0 Å². The summed E-state index contributed by atoms with van der Waals surface area (Å²) >= 11 is 0. The van der Waals surface area contributed by atoms with E-state index in [1.807, 2.05) is 26.4 Å². The molecule has 0 saturated carbocycles. The highest BCUT2D eigenvalue weighted by Crippen LogP contribution is 2.26. The van der Waals surface area contributed by atoms with Gasteiger partial charge < -0.3 is 10.2 Å². The number of aromatic nitrogens is 2. The van der Waals surface area contributed by atoms with Crippen LogP contribution >= 0.6 is 0 Å². The molecule has 1 aromatic carbocycles. The first-order chi connectivity index (χ1) is 13.6. The molecule has 1 aliphatic rings. The lowest BCUT2D eigenvalue weighted by Crippen LogP contribution is -2.34. The predicted octanol–water partition coefficient (Wildman–Crippen LogP) is 2.75. The van der Waals surface area contributed by atoms with Crippen molar-refractivity contribution in [2.45, 2.75) is 32.2 Å². The third kappa shape index (κ3) is 6.17. The maximum absolute atomic E-state index is 12.0. The summed E-state index contributed by atoms with van der Waals surface area (Å²) in [6, 6.07) is 10.4. The number of nitrogens with one attached hydrogen (secondary N) is 2. The van der Waals surface area contributed by atoms with Crippen molar-refractivity contribution in [1.82, 2.24) is 25.3 Å². The van der Waals surface area contributed by atoms with Crippen molar-refractivity contribution < 1.29 is 4.79 Å². The summed E-state index contributed by atoms with van der Waals surface area (Å²) in [5.74, 6) is 0.851. The van der Waals surface area contributed by atoms with E-state index in [-0.39, 0.29) is 5.91 Å². The van der Waals surface area contributed by atoms with E-state index in [1.165, 1.54) is 24.0 Å². The van der Waals surface area contributed by atoms with Gasteiger partial charge in [0.1, 0.15) is 0 Å². The molecule has 6 nitrogen and oxygen atoms in total. The summed E-state index contributed by atoms with van der Waals surface area (Å²) in [6.45, 7) is 4.74. The number of carbonyl (C=O) groups excluding carboxylic acids is 1. The standard InChI is InChI=1S/C22H33N5O/c1-26(2)15-12-23-21(28)9-8-18-10-13-27(14-11-18)17-20-16-24-25-22(20)19-6-4-3-5-7-19/h3-7,16,18H,8-15,17H2,1-2H3,(H,23,28)(H,24,25). The highest BCUT2D eigenvalue weighted by atomic mass is 16.1. The number of nitrogens with zero attached hydrogens (tertiary/aromatic N) is 3. The summed E-state index contributed by atoms with van der Waals surface area (Å²) in [6.07, 6.45) is 5.94. The lowest BCUT2D eigenvalue weighted by Gasteiger charge is -2.31. The smallest absolute Gasteiger partial charge is 0.220 e. The Balaban J connectivity index is 1.39. The Labute approximate surface area is 168 Å². The van der Waals surface area contributed by atoms with Gasteiger partial charge in [0.25, 0.3) is 0 Å². The first-order valence-corrected chi connectivity index (χ1v) is 10.3. The maximum Gasteiger partial charge on any atom is 0.220 e. The number of likely N-dealkylation sites (tertiary alicyclic amines) is 1. The maximum atomic E-state index is 12.0. The van der Waals surface area contributed by atoms with Crippen LogP contribution in [0.5, 0.6) is 0 Å². The van der Waals surface area contributed by atoms with Crippen LogP contribution in [0, 0.1) is 5.92 Å². The topological polar surface area (TPSA) is 64.3 Å². The number of H-pyrrole nitrogens is 1. The molecule has 0 radical (unpaired) electrons. The van der Waals surface area contributed by atoms with Crippen molar-refractivity contribution in [2.24, 2.45) is 5.92 Å². The van der Waals surface area contributed by atoms with Gasteiger partial charge in [-0.2, -0.15) is 5.10 Å². The number of rotatable bonds is 9. The first kappa shape index (κ1) is 20.6. The third-order valence-corrected chi connectivity index (χ3v) is 5.54. The molecule has 1 aromatic heterocycles. The van der Waals surface area contributed by atoms with Crippen LogP contribution in [0.25, 0.3) is 11.3 Å². The molecule has 0 spiro atoms. The molecule has 1 amide bonds. The van der Waals surface area contributed by atoms with E-state index >= 15 is 0 Å². The Morgan fingerprint density at radius 2 is 2.00 bits per heavy atom. The van der Waals surface area contributed by atoms with Crippen LogP contribution < -0.4 is 5.32 Å². The third-order valence-electron chi connectivity index (χ3n) is 5.54. The molecule has 152 valence electrons. The van der Waals surface area contributed by atoms with Gasteiger partial charge in [-0.1, -0.05) is 30.3 Å². The van der Waals surface area contributed by atoms with Crippen LogP contribution in [-0.4, -0.2) is 66.2 Å². The van der Waals surface area contributed by atoms with Gasteiger partial charge in [-0.25, -0.2) is 0 Å². The zero-order valence-electron chi connectivity index (χ0n) is 17.2. The SMILES string of the molecule is CN(C)CCNC(=O)CCC1CCN(Cc2cn[nH]c2-c2ccccc2)CC1. The van der Waals surface area contributed by atoms with Gasteiger partial charge in [0.2, 0.25) is 5.91 Å². The largest absolute Gasteiger partial charge is 0.355 e. The molecule has 1 fully saturated rings. The molecule has 6 heteroatoms. The summed E-state index contributed by atoms with van der Waals surface area (Å²) in [5.41, 5.74) is 3.56. The average Bonchev–Trinajstić information content (AvgIpc) is 3.16. The normalized spacial score (nSPS) is 15.8. The monoisotopic (exact) mass is 383 g/mol. The molecule has 3 rings (SSSR count). The number of amides is 1. The van der Waals surface area contributed by atoms with E-state index in [0.717, 1.165) is 44.8 Å². The van der Waals surface area contributed by atoms with Crippen molar-refractivity contribution in [3.63, 3.8) is 0 Å². The zero-order chi connectivity index (χ0) is 19.8. The van der Waals surface area contributed by atoms with Crippen molar-refractivity contribution >= 4 is 5.91 Å². The number of benzene rings is 1. The molecular weight excluding hydrogens is 350 g/mol. The minimum atomic E-state index is 0.190. The first-order valence-electron chi connectivity index (χ1n) is 10.3. The van der Waals surface area contributed by atoms with Crippen LogP contribution in [0.15, 0.2) is 36.5 Å². The molecule has 1 aliphatic heterocycles. The van der Waals surface area contributed by atoms with E-state index < -0.39 is 0 Å². The molecule has 28 heavy (non-hydrogen) atoms. The second-order valence-corrected chi connectivity index (χ2v) is 8.05. The van der Waals surface area contributed by atoms with Gasteiger partial charge in [0, 0.05) is 31.6 Å². The number of carbonyl (C=O) groups is 1. The molecule has 2 heterocycles. The van der Waals surface area contributed by atoms with Gasteiger partial charge in [0.05, 0.1) is 11.9 Å². The quantitative estimate of drug-likeness (QED) is 0.699. The number of hydrogen-bond donors (Lipinski definition) is 2. The van der Waals surface area contributed by atoms with Crippen LogP contribution in [0.1, 0.15) is 31.2 Å². The van der Waals surface area contributed by atoms with E-state index in [1.54, 1.807) is 0 Å². The zero-order valence-corrected chi connectivity index (χ0v) is 17.2. The van der Waals surface area contributed by atoms with Gasteiger partial charge in [-0.15, -0.1) is 0 Å². The molecule has 0 aliphatic carbocycles.